The number of anilines is 1. The van der Waals surface area contributed by atoms with Gasteiger partial charge in [0.2, 0.25) is 11.8 Å². The van der Waals surface area contributed by atoms with Crippen molar-refractivity contribution in [1.82, 2.24) is 10.2 Å². The molecule has 0 unspecified atom stereocenters. The monoisotopic (exact) mass is 659 g/mol. The van der Waals surface area contributed by atoms with Crippen LogP contribution in [-0.2, 0) is 32.6 Å². The van der Waals surface area contributed by atoms with Crippen LogP contribution in [0.2, 0.25) is 0 Å². The third kappa shape index (κ3) is 8.98. The number of benzene rings is 4. The molecule has 10 heteroatoms. The van der Waals surface area contributed by atoms with Crippen LogP contribution in [0.4, 0.5) is 10.1 Å². The van der Waals surface area contributed by atoms with Gasteiger partial charge in [-0.05, 0) is 63.1 Å². The molecule has 0 aliphatic heterocycles. The van der Waals surface area contributed by atoms with Crippen molar-refractivity contribution in [2.45, 2.75) is 64.1 Å². The number of hydrogen-bond acceptors (Lipinski definition) is 5. The van der Waals surface area contributed by atoms with Crippen molar-refractivity contribution in [3.63, 3.8) is 0 Å². The van der Waals surface area contributed by atoms with E-state index in [1.807, 2.05) is 51.1 Å². The third-order valence-corrected chi connectivity index (χ3v) is 9.67. The number of aryl methyl sites for hydroxylation is 1. The fourth-order valence-corrected chi connectivity index (χ4v) is 6.52. The van der Waals surface area contributed by atoms with Crippen LogP contribution in [0.15, 0.2) is 108 Å². The topological polar surface area (TPSA) is 96.0 Å². The van der Waals surface area contributed by atoms with Crippen molar-refractivity contribution < 1.29 is 27.1 Å². The van der Waals surface area contributed by atoms with E-state index in [2.05, 4.69) is 5.32 Å². The number of rotatable bonds is 15. The number of nitrogens with zero attached hydrogens (tertiary/aromatic N) is 2. The van der Waals surface area contributed by atoms with Gasteiger partial charge in [0.15, 0.2) is 0 Å². The summed E-state index contributed by atoms with van der Waals surface area (Å²) >= 11 is 0. The number of sulfonamides is 1. The molecule has 0 aromatic heterocycles. The van der Waals surface area contributed by atoms with Crippen LogP contribution < -0.4 is 14.4 Å². The summed E-state index contributed by atoms with van der Waals surface area (Å²) in [5.74, 6) is -1.38. The second-order valence-corrected chi connectivity index (χ2v) is 13.2. The second-order valence-electron chi connectivity index (χ2n) is 11.4. The predicted molar refractivity (Wildman–Crippen MR) is 182 cm³/mol. The van der Waals surface area contributed by atoms with E-state index in [0.29, 0.717) is 6.42 Å². The maximum absolute atomic E-state index is 15.1. The molecule has 2 atom stereocenters. The lowest BCUT2D eigenvalue weighted by molar-refractivity contribution is -0.140. The number of nitrogens with one attached hydrogen (secondary N) is 1. The van der Waals surface area contributed by atoms with Crippen LogP contribution in [0.25, 0.3) is 0 Å². The van der Waals surface area contributed by atoms with Crippen LogP contribution in [0.1, 0.15) is 43.9 Å². The number of carbonyl (C=O) groups is 2. The van der Waals surface area contributed by atoms with Crippen LogP contribution in [0.5, 0.6) is 5.75 Å². The fraction of sp³-hybridized carbons (Fsp3) is 0.297. The fourth-order valence-electron chi connectivity index (χ4n) is 5.10. The standard InChI is InChI=1S/C37H42FN3O5S/c1-5-28(4)39-37(43)34(24-29-14-8-7-9-15-29)40(25-30-16-10-11-17-32(30)38)36(42)26-41(33-18-12-13-19-35(33)46-6-2)47(44,45)31-22-20-27(3)21-23-31/h7-23,28,34H,5-6,24-26H2,1-4H3,(H,39,43)/t28-,34-/m0/s1. The minimum Gasteiger partial charge on any atom is -0.492 e. The highest BCUT2D eigenvalue weighted by Crippen LogP contribution is 2.33. The van der Waals surface area contributed by atoms with Gasteiger partial charge in [0, 0.05) is 24.6 Å². The van der Waals surface area contributed by atoms with Gasteiger partial charge < -0.3 is 15.0 Å². The van der Waals surface area contributed by atoms with Gasteiger partial charge >= 0.3 is 0 Å². The number of hydrogen-bond donors (Lipinski definition) is 1. The Morgan fingerprint density at radius 1 is 0.872 bits per heavy atom. The number of halogens is 1. The maximum Gasteiger partial charge on any atom is 0.264 e. The molecule has 0 heterocycles. The van der Waals surface area contributed by atoms with Gasteiger partial charge in [-0.2, -0.15) is 0 Å². The zero-order chi connectivity index (χ0) is 34.0. The molecule has 0 saturated heterocycles. The molecule has 0 saturated carbocycles. The smallest absolute Gasteiger partial charge is 0.264 e. The number of ether oxygens (including phenoxy) is 1. The molecule has 0 fully saturated rings. The number of para-hydroxylation sites is 2. The molecular formula is C37H42FN3O5S. The first-order chi connectivity index (χ1) is 22.5. The SMILES string of the molecule is CCOc1ccccc1N(CC(=O)N(Cc1ccccc1F)[C@@H](Cc1ccccc1)C(=O)N[C@@H](C)CC)S(=O)(=O)c1ccc(C)cc1. The lowest BCUT2D eigenvalue weighted by Crippen LogP contribution is -2.54. The van der Waals surface area contributed by atoms with Gasteiger partial charge in [-0.1, -0.05) is 85.3 Å². The molecule has 8 nitrogen and oxygen atoms in total. The molecule has 47 heavy (non-hydrogen) atoms. The molecule has 4 rings (SSSR count). The Morgan fingerprint density at radius 2 is 1.51 bits per heavy atom. The summed E-state index contributed by atoms with van der Waals surface area (Å²) in [6.45, 7) is 6.75. The summed E-state index contributed by atoms with van der Waals surface area (Å²) in [6.07, 6.45) is 0.783. The molecule has 4 aromatic rings. The van der Waals surface area contributed by atoms with Crippen molar-refractivity contribution in [1.29, 1.82) is 0 Å². The minimum absolute atomic E-state index is 0.0156. The van der Waals surface area contributed by atoms with Crippen LogP contribution in [0, 0.1) is 12.7 Å². The minimum atomic E-state index is -4.32. The first-order valence-corrected chi connectivity index (χ1v) is 17.2. The van der Waals surface area contributed by atoms with Crippen molar-refractivity contribution in [3.8, 4) is 5.75 Å². The molecule has 0 radical (unpaired) electrons. The van der Waals surface area contributed by atoms with Crippen molar-refractivity contribution >= 4 is 27.5 Å². The molecule has 0 bridgehead atoms. The highest BCUT2D eigenvalue weighted by Gasteiger charge is 2.36. The van der Waals surface area contributed by atoms with Crippen LogP contribution in [-0.4, -0.2) is 50.4 Å². The quantitative estimate of drug-likeness (QED) is 0.162. The highest BCUT2D eigenvalue weighted by molar-refractivity contribution is 7.92. The first kappa shape index (κ1) is 35.2. The van der Waals surface area contributed by atoms with E-state index in [0.717, 1.165) is 15.4 Å². The Balaban J connectivity index is 1.85. The lowest BCUT2D eigenvalue weighted by atomic mass is 10.0. The Kier molecular flexibility index (Phi) is 12.1. The zero-order valence-electron chi connectivity index (χ0n) is 27.2. The van der Waals surface area contributed by atoms with Crippen LogP contribution in [0.3, 0.4) is 0 Å². The normalized spacial score (nSPS) is 12.5. The zero-order valence-corrected chi connectivity index (χ0v) is 28.0. The van der Waals surface area contributed by atoms with E-state index in [1.54, 1.807) is 61.5 Å². The molecule has 0 spiro atoms. The van der Waals surface area contributed by atoms with Gasteiger partial charge in [0.05, 0.1) is 17.2 Å². The number of carbonyl (C=O) groups excluding carboxylic acids is 2. The summed E-state index contributed by atoms with van der Waals surface area (Å²) in [5, 5.41) is 2.98. The summed E-state index contributed by atoms with van der Waals surface area (Å²) in [4.78, 5) is 29.8. The molecule has 1 N–H and O–H groups in total. The molecule has 4 aromatic carbocycles. The van der Waals surface area contributed by atoms with Gasteiger partial charge in [0.1, 0.15) is 24.2 Å². The molecule has 248 valence electrons. The molecule has 2 amide bonds. The van der Waals surface area contributed by atoms with E-state index < -0.39 is 40.2 Å². The summed E-state index contributed by atoms with van der Waals surface area (Å²) in [5.41, 5.74) is 2.01. The van der Waals surface area contributed by atoms with Gasteiger partial charge in [-0.25, -0.2) is 12.8 Å². The molecular weight excluding hydrogens is 617 g/mol. The summed E-state index contributed by atoms with van der Waals surface area (Å²) in [7, 11) is -4.32. The summed E-state index contributed by atoms with van der Waals surface area (Å²) < 4.78 is 50.5. The Morgan fingerprint density at radius 3 is 2.17 bits per heavy atom. The average Bonchev–Trinajstić information content (AvgIpc) is 3.07. The second kappa shape index (κ2) is 16.2. The lowest BCUT2D eigenvalue weighted by Gasteiger charge is -2.34. The van der Waals surface area contributed by atoms with Gasteiger partial charge in [0.25, 0.3) is 10.0 Å². The van der Waals surface area contributed by atoms with Gasteiger partial charge in [-0.15, -0.1) is 0 Å². The van der Waals surface area contributed by atoms with Crippen molar-refractivity contribution in [3.05, 3.63) is 126 Å². The molecule has 0 aliphatic rings. The van der Waals surface area contributed by atoms with E-state index >= 15 is 4.39 Å². The van der Waals surface area contributed by atoms with Crippen LogP contribution >= 0.6 is 0 Å². The molecule has 0 aliphatic carbocycles. The van der Waals surface area contributed by atoms with E-state index in [1.165, 1.54) is 23.1 Å². The first-order valence-electron chi connectivity index (χ1n) is 15.7. The third-order valence-electron chi connectivity index (χ3n) is 7.89. The largest absolute Gasteiger partial charge is 0.492 e. The van der Waals surface area contributed by atoms with Crippen molar-refractivity contribution in [2.24, 2.45) is 0 Å². The van der Waals surface area contributed by atoms with E-state index in [9.17, 15) is 18.0 Å². The van der Waals surface area contributed by atoms with Crippen molar-refractivity contribution in [2.75, 3.05) is 17.5 Å². The number of amides is 2. The van der Waals surface area contributed by atoms with E-state index in [-0.39, 0.29) is 47.5 Å². The Hall–Kier alpha value is -4.70. The van der Waals surface area contributed by atoms with E-state index in [4.69, 9.17) is 4.74 Å². The highest BCUT2D eigenvalue weighted by atomic mass is 32.2. The average molecular weight is 660 g/mol. The summed E-state index contributed by atoms with van der Waals surface area (Å²) in [6, 6.07) is 26.9. The maximum atomic E-state index is 15.1. The predicted octanol–water partition coefficient (Wildman–Crippen LogP) is 6.28. The van der Waals surface area contributed by atoms with Gasteiger partial charge in [-0.3, -0.25) is 13.9 Å². The Labute approximate surface area is 277 Å². The Bertz CT molecular complexity index is 1750.